The monoisotopic (exact) mass is 520 g/mol. The number of carbonyl (C=O) groups is 1. The van der Waals surface area contributed by atoms with Crippen molar-refractivity contribution in [3.8, 4) is 17.6 Å². The Morgan fingerprint density at radius 3 is 2.40 bits per heavy atom. The number of alkyl halides is 3. The van der Waals surface area contributed by atoms with Crippen LogP contribution < -0.4 is 14.8 Å². The number of amides is 1. The van der Waals surface area contributed by atoms with Crippen LogP contribution >= 0.6 is 23.2 Å². The number of anilines is 1. The van der Waals surface area contributed by atoms with Crippen LogP contribution in [0.3, 0.4) is 0 Å². The number of benzene rings is 3. The van der Waals surface area contributed by atoms with Gasteiger partial charge in [-0.3, -0.25) is 4.79 Å². The van der Waals surface area contributed by atoms with Gasteiger partial charge in [-0.05, 0) is 59.7 Å². The fourth-order valence-corrected chi connectivity index (χ4v) is 3.23. The smallest absolute Gasteiger partial charge is 0.416 e. The molecule has 0 atom stereocenters. The summed E-state index contributed by atoms with van der Waals surface area (Å²) in [4.78, 5) is 12.6. The van der Waals surface area contributed by atoms with E-state index in [1.165, 1.54) is 13.2 Å². The number of hydrogen-bond donors (Lipinski definition) is 1. The van der Waals surface area contributed by atoms with Crippen LogP contribution in [0.5, 0.6) is 11.5 Å². The summed E-state index contributed by atoms with van der Waals surface area (Å²) in [5.41, 5.74) is -0.329. The summed E-state index contributed by atoms with van der Waals surface area (Å²) < 4.78 is 50.1. The van der Waals surface area contributed by atoms with Gasteiger partial charge in [-0.25, -0.2) is 0 Å². The first-order valence-electron chi connectivity index (χ1n) is 9.96. The molecule has 0 saturated carbocycles. The molecular weight excluding hydrogens is 504 g/mol. The standard InChI is InChI=1S/C25H17Cl2F3N2O3/c1-34-22-9-4-16(11-23(22)35-14-15-2-6-19(26)7-3-15)10-17(13-31)24(33)32-21-12-18(25(28,29)30)5-8-20(21)27/h2-12H,14H2,1H3,(H,32,33)/b17-10-. The van der Waals surface area contributed by atoms with Crippen LogP contribution in [0.2, 0.25) is 10.0 Å². The van der Waals surface area contributed by atoms with Gasteiger partial charge in [0.2, 0.25) is 0 Å². The largest absolute Gasteiger partial charge is 0.493 e. The number of halogens is 5. The normalized spacial score (nSPS) is 11.5. The van der Waals surface area contributed by atoms with Gasteiger partial charge in [0.15, 0.2) is 11.5 Å². The quantitative estimate of drug-likeness (QED) is 0.265. The number of rotatable bonds is 7. The van der Waals surface area contributed by atoms with Crippen LogP contribution in [0, 0.1) is 11.3 Å². The first-order chi connectivity index (χ1) is 16.6. The predicted molar refractivity (Wildman–Crippen MR) is 127 cm³/mol. The molecule has 180 valence electrons. The maximum absolute atomic E-state index is 13.0. The van der Waals surface area contributed by atoms with Gasteiger partial charge in [0, 0.05) is 5.02 Å². The van der Waals surface area contributed by atoms with Gasteiger partial charge in [0.05, 0.1) is 23.4 Å². The Hall–Kier alpha value is -3.67. The molecule has 1 N–H and O–H groups in total. The second-order valence-corrected chi connectivity index (χ2v) is 7.99. The summed E-state index contributed by atoms with van der Waals surface area (Å²) in [5, 5.41) is 12.2. The zero-order chi connectivity index (χ0) is 25.6. The number of carbonyl (C=O) groups excluding carboxylic acids is 1. The molecule has 0 aliphatic carbocycles. The zero-order valence-electron chi connectivity index (χ0n) is 18.1. The molecule has 1 amide bonds. The number of nitrogens with zero attached hydrogens (tertiary/aromatic N) is 1. The third kappa shape index (κ3) is 6.92. The van der Waals surface area contributed by atoms with Crippen LogP contribution in [-0.2, 0) is 17.6 Å². The van der Waals surface area contributed by atoms with Crippen molar-refractivity contribution in [3.63, 3.8) is 0 Å². The summed E-state index contributed by atoms with van der Waals surface area (Å²) in [7, 11) is 1.47. The van der Waals surface area contributed by atoms with Crippen molar-refractivity contribution in [2.24, 2.45) is 0 Å². The SMILES string of the molecule is COc1ccc(/C=C(/C#N)C(=O)Nc2cc(C(F)(F)F)ccc2Cl)cc1OCc1ccc(Cl)cc1. The lowest BCUT2D eigenvalue weighted by Gasteiger charge is -2.12. The van der Waals surface area contributed by atoms with E-state index >= 15 is 0 Å². The Kier molecular flexibility index (Phi) is 8.28. The molecule has 0 radical (unpaired) electrons. The highest BCUT2D eigenvalue weighted by Crippen LogP contribution is 2.34. The van der Waals surface area contributed by atoms with Crippen LogP contribution in [0.4, 0.5) is 18.9 Å². The lowest BCUT2D eigenvalue weighted by atomic mass is 10.1. The van der Waals surface area contributed by atoms with E-state index in [9.17, 15) is 23.2 Å². The van der Waals surface area contributed by atoms with E-state index in [2.05, 4.69) is 5.32 Å². The van der Waals surface area contributed by atoms with Gasteiger partial charge in [-0.15, -0.1) is 0 Å². The van der Waals surface area contributed by atoms with Crippen molar-refractivity contribution in [1.82, 2.24) is 0 Å². The van der Waals surface area contributed by atoms with E-state index in [0.717, 1.165) is 17.7 Å². The van der Waals surface area contributed by atoms with Crippen LogP contribution in [0.1, 0.15) is 16.7 Å². The van der Waals surface area contributed by atoms with E-state index in [1.807, 2.05) is 0 Å². The van der Waals surface area contributed by atoms with E-state index in [0.29, 0.717) is 28.2 Å². The van der Waals surface area contributed by atoms with Crippen molar-refractivity contribution in [2.45, 2.75) is 12.8 Å². The fraction of sp³-hybridized carbons (Fsp3) is 0.120. The van der Waals surface area contributed by atoms with Gasteiger partial charge in [0.1, 0.15) is 18.2 Å². The highest BCUT2D eigenvalue weighted by molar-refractivity contribution is 6.34. The second-order valence-electron chi connectivity index (χ2n) is 7.14. The molecule has 0 saturated heterocycles. The number of methoxy groups -OCH3 is 1. The molecule has 3 aromatic rings. The lowest BCUT2D eigenvalue weighted by Crippen LogP contribution is -2.15. The van der Waals surface area contributed by atoms with Crippen molar-refractivity contribution in [3.05, 3.63) is 93.0 Å². The Morgan fingerprint density at radius 1 is 1.06 bits per heavy atom. The molecule has 0 heterocycles. The number of hydrogen-bond acceptors (Lipinski definition) is 4. The van der Waals surface area contributed by atoms with Crippen LogP contribution in [-0.4, -0.2) is 13.0 Å². The number of nitrogens with one attached hydrogen (secondary N) is 1. The van der Waals surface area contributed by atoms with Gasteiger partial charge in [0.25, 0.3) is 5.91 Å². The minimum atomic E-state index is -4.62. The van der Waals surface area contributed by atoms with Gasteiger partial charge >= 0.3 is 6.18 Å². The molecule has 35 heavy (non-hydrogen) atoms. The molecule has 3 aromatic carbocycles. The van der Waals surface area contributed by atoms with Gasteiger partial charge in [-0.1, -0.05) is 41.4 Å². The van der Waals surface area contributed by atoms with Crippen molar-refractivity contribution in [2.75, 3.05) is 12.4 Å². The highest BCUT2D eigenvalue weighted by atomic mass is 35.5. The third-order valence-electron chi connectivity index (χ3n) is 4.71. The molecule has 0 bridgehead atoms. The molecule has 0 fully saturated rings. The maximum atomic E-state index is 13.0. The maximum Gasteiger partial charge on any atom is 0.416 e. The highest BCUT2D eigenvalue weighted by Gasteiger charge is 2.31. The van der Waals surface area contributed by atoms with E-state index in [-0.39, 0.29) is 22.9 Å². The minimum absolute atomic E-state index is 0.106. The number of nitriles is 1. The topological polar surface area (TPSA) is 71.3 Å². The summed E-state index contributed by atoms with van der Waals surface area (Å²) in [6.45, 7) is 0.209. The average Bonchev–Trinajstić information content (AvgIpc) is 2.82. The Morgan fingerprint density at radius 2 is 1.77 bits per heavy atom. The third-order valence-corrected chi connectivity index (χ3v) is 5.29. The first kappa shape index (κ1) is 25.9. The lowest BCUT2D eigenvalue weighted by molar-refractivity contribution is -0.137. The molecular formula is C25H17Cl2F3N2O3. The molecule has 0 aromatic heterocycles. The van der Waals surface area contributed by atoms with Gasteiger partial charge in [-0.2, -0.15) is 18.4 Å². The van der Waals surface area contributed by atoms with E-state index < -0.39 is 17.6 Å². The van der Waals surface area contributed by atoms with E-state index in [4.69, 9.17) is 32.7 Å². The van der Waals surface area contributed by atoms with Crippen molar-refractivity contribution in [1.29, 1.82) is 5.26 Å². The summed E-state index contributed by atoms with van der Waals surface area (Å²) >= 11 is 11.8. The fourth-order valence-electron chi connectivity index (χ4n) is 2.94. The molecule has 0 spiro atoms. The molecule has 3 rings (SSSR count). The molecule has 0 aliphatic heterocycles. The Balaban J connectivity index is 1.82. The predicted octanol–water partition coefficient (Wildman–Crippen LogP) is 7.15. The van der Waals surface area contributed by atoms with Crippen LogP contribution in [0.25, 0.3) is 6.08 Å². The summed E-state index contributed by atoms with van der Waals surface area (Å²) in [6.07, 6.45) is -3.35. The number of ether oxygens (including phenoxy) is 2. The van der Waals surface area contributed by atoms with Crippen molar-refractivity contribution >= 4 is 40.9 Å². The van der Waals surface area contributed by atoms with E-state index in [1.54, 1.807) is 48.5 Å². The van der Waals surface area contributed by atoms with Crippen molar-refractivity contribution < 1.29 is 27.4 Å². The summed E-state index contributed by atoms with van der Waals surface area (Å²) in [5.74, 6) is -0.141. The second kappa shape index (κ2) is 11.2. The molecule has 0 aliphatic rings. The summed E-state index contributed by atoms with van der Waals surface area (Å²) in [6, 6.07) is 16.1. The zero-order valence-corrected chi connectivity index (χ0v) is 19.6. The molecule has 0 unspecified atom stereocenters. The Bertz CT molecular complexity index is 1300. The van der Waals surface area contributed by atoms with Crippen LogP contribution in [0.15, 0.2) is 66.2 Å². The molecule has 10 heteroatoms. The Labute approximate surface area is 209 Å². The average molecular weight is 521 g/mol. The van der Waals surface area contributed by atoms with Gasteiger partial charge < -0.3 is 14.8 Å². The minimum Gasteiger partial charge on any atom is -0.493 e. The molecule has 5 nitrogen and oxygen atoms in total. The first-order valence-corrected chi connectivity index (χ1v) is 10.7.